The Morgan fingerprint density at radius 3 is 2.15 bits per heavy atom. The molecule has 0 fully saturated rings. The number of carbonyl (C=O) groups is 1. The summed E-state index contributed by atoms with van der Waals surface area (Å²) in [6, 6.07) is 17.2. The van der Waals surface area contributed by atoms with Gasteiger partial charge in [-0.25, -0.2) is 4.79 Å². The lowest BCUT2D eigenvalue weighted by Gasteiger charge is -2.13. The van der Waals surface area contributed by atoms with Crippen molar-refractivity contribution in [2.45, 2.75) is 18.0 Å². The number of alkyl halides is 3. The number of nitrogens with one attached hydrogen (secondary N) is 1. The van der Waals surface area contributed by atoms with Crippen LogP contribution in [-0.2, 0) is 34.7 Å². The van der Waals surface area contributed by atoms with Gasteiger partial charge in [-0.3, -0.25) is 4.18 Å². The standard InChI is InChI=1S/C27H28F3NO7S/c1-20-9-11-23(12-10-20)39(33,34)38-18-16-36-14-13-35-15-17-37-26(32)24-7-2-3-8-25(24)31-22-6-4-5-21(19-22)27(28,29)30/h2-12,19,31H,13-18H2,1H3. The van der Waals surface area contributed by atoms with Crippen LogP contribution in [-0.4, -0.2) is 54.0 Å². The van der Waals surface area contributed by atoms with Gasteiger partial charge in [-0.1, -0.05) is 35.9 Å². The molecule has 3 rings (SSSR count). The number of ether oxygens (including phenoxy) is 3. The Labute approximate surface area is 224 Å². The van der Waals surface area contributed by atoms with Gasteiger partial charge >= 0.3 is 12.1 Å². The van der Waals surface area contributed by atoms with E-state index in [0.717, 1.165) is 17.7 Å². The molecular weight excluding hydrogens is 539 g/mol. The number of benzene rings is 3. The number of aryl methyl sites for hydroxylation is 1. The smallest absolute Gasteiger partial charge is 0.416 e. The molecule has 0 radical (unpaired) electrons. The predicted octanol–water partition coefficient (Wildman–Crippen LogP) is 5.35. The second-order valence-corrected chi connectivity index (χ2v) is 9.81. The van der Waals surface area contributed by atoms with Crippen LogP contribution in [0.25, 0.3) is 0 Å². The molecule has 0 spiro atoms. The number of halogens is 3. The predicted molar refractivity (Wildman–Crippen MR) is 137 cm³/mol. The molecule has 0 aliphatic rings. The first kappa shape index (κ1) is 30.1. The van der Waals surface area contributed by atoms with Crippen LogP contribution in [0.5, 0.6) is 0 Å². The van der Waals surface area contributed by atoms with E-state index in [1.54, 1.807) is 30.3 Å². The molecule has 3 aromatic carbocycles. The molecule has 3 aromatic rings. The number of anilines is 2. The van der Waals surface area contributed by atoms with Crippen molar-refractivity contribution >= 4 is 27.5 Å². The molecule has 0 saturated heterocycles. The van der Waals surface area contributed by atoms with Crippen molar-refractivity contribution in [3.63, 3.8) is 0 Å². The summed E-state index contributed by atoms with van der Waals surface area (Å²) in [6.45, 7) is 2.11. The largest absolute Gasteiger partial charge is 0.460 e. The van der Waals surface area contributed by atoms with E-state index >= 15 is 0 Å². The minimum atomic E-state index is -4.49. The zero-order valence-corrected chi connectivity index (χ0v) is 21.9. The molecule has 0 saturated carbocycles. The number of rotatable bonds is 14. The topological polar surface area (TPSA) is 100 Å². The summed E-state index contributed by atoms with van der Waals surface area (Å²) in [5.41, 5.74) is 0.740. The molecule has 0 bridgehead atoms. The van der Waals surface area contributed by atoms with Crippen LogP contribution in [0.3, 0.4) is 0 Å². The molecule has 0 aromatic heterocycles. The van der Waals surface area contributed by atoms with Crippen LogP contribution in [0, 0.1) is 6.92 Å². The maximum Gasteiger partial charge on any atom is 0.416 e. The Bertz CT molecular complexity index is 1330. The van der Waals surface area contributed by atoms with Gasteiger partial charge in [0.05, 0.1) is 54.7 Å². The van der Waals surface area contributed by atoms with Crippen molar-refractivity contribution in [1.29, 1.82) is 0 Å². The summed E-state index contributed by atoms with van der Waals surface area (Å²) in [5, 5.41) is 2.83. The van der Waals surface area contributed by atoms with Crippen molar-refractivity contribution < 1.29 is 44.8 Å². The number of hydrogen-bond acceptors (Lipinski definition) is 8. The quantitative estimate of drug-likeness (QED) is 0.158. The fraction of sp³-hybridized carbons (Fsp3) is 0.296. The lowest BCUT2D eigenvalue weighted by atomic mass is 10.1. The van der Waals surface area contributed by atoms with Gasteiger partial charge in [-0.05, 0) is 49.4 Å². The zero-order chi connectivity index (χ0) is 28.3. The second-order valence-electron chi connectivity index (χ2n) is 8.20. The highest BCUT2D eigenvalue weighted by Gasteiger charge is 2.30. The van der Waals surface area contributed by atoms with Crippen LogP contribution in [0.4, 0.5) is 24.5 Å². The van der Waals surface area contributed by atoms with Crippen molar-refractivity contribution in [2.24, 2.45) is 0 Å². The van der Waals surface area contributed by atoms with Crippen LogP contribution in [0.15, 0.2) is 77.7 Å². The van der Waals surface area contributed by atoms with Gasteiger partial charge in [0.25, 0.3) is 10.1 Å². The van der Waals surface area contributed by atoms with Crippen molar-refractivity contribution in [1.82, 2.24) is 0 Å². The van der Waals surface area contributed by atoms with Crippen LogP contribution in [0.1, 0.15) is 21.5 Å². The zero-order valence-electron chi connectivity index (χ0n) is 21.1. The molecule has 8 nitrogen and oxygen atoms in total. The van der Waals surface area contributed by atoms with Crippen molar-refractivity contribution in [3.05, 3.63) is 89.5 Å². The fourth-order valence-corrected chi connectivity index (χ4v) is 4.16. The Balaban J connectivity index is 1.33. The van der Waals surface area contributed by atoms with Gasteiger partial charge in [-0.2, -0.15) is 21.6 Å². The third kappa shape index (κ3) is 9.66. The Hall–Kier alpha value is -3.45. The molecular formula is C27H28F3NO7S. The Morgan fingerprint density at radius 1 is 0.821 bits per heavy atom. The Morgan fingerprint density at radius 2 is 1.46 bits per heavy atom. The first-order valence-corrected chi connectivity index (χ1v) is 13.3. The Kier molecular flexibility index (Phi) is 10.9. The summed E-state index contributed by atoms with van der Waals surface area (Å²) in [7, 11) is -3.85. The second kappa shape index (κ2) is 14.1. The van der Waals surface area contributed by atoms with E-state index in [2.05, 4.69) is 5.32 Å². The van der Waals surface area contributed by atoms with Gasteiger partial charge in [0.15, 0.2) is 0 Å². The maximum absolute atomic E-state index is 13.0. The third-order valence-corrected chi connectivity index (χ3v) is 6.55. The van der Waals surface area contributed by atoms with Crippen molar-refractivity contribution in [2.75, 3.05) is 45.0 Å². The molecule has 0 aliphatic carbocycles. The van der Waals surface area contributed by atoms with Crippen LogP contribution < -0.4 is 5.32 Å². The first-order chi connectivity index (χ1) is 18.6. The average Bonchev–Trinajstić information content (AvgIpc) is 2.90. The summed E-state index contributed by atoms with van der Waals surface area (Å²) >= 11 is 0. The van der Waals surface area contributed by atoms with E-state index in [9.17, 15) is 26.4 Å². The summed E-state index contributed by atoms with van der Waals surface area (Å²) < 4.78 is 83.9. The molecule has 0 amide bonds. The van der Waals surface area contributed by atoms with Gasteiger partial charge < -0.3 is 19.5 Å². The lowest BCUT2D eigenvalue weighted by molar-refractivity contribution is -0.137. The van der Waals surface area contributed by atoms with Gasteiger partial charge in [-0.15, -0.1) is 0 Å². The lowest BCUT2D eigenvalue weighted by Crippen LogP contribution is -2.15. The van der Waals surface area contributed by atoms with Crippen LogP contribution >= 0.6 is 0 Å². The van der Waals surface area contributed by atoms with E-state index in [-0.39, 0.29) is 55.8 Å². The van der Waals surface area contributed by atoms with E-state index < -0.39 is 27.8 Å². The highest BCUT2D eigenvalue weighted by Crippen LogP contribution is 2.32. The molecule has 1 N–H and O–H groups in total. The summed E-state index contributed by atoms with van der Waals surface area (Å²) in [4.78, 5) is 12.6. The van der Waals surface area contributed by atoms with Gasteiger partial charge in [0, 0.05) is 5.69 Å². The fourth-order valence-electron chi connectivity index (χ4n) is 3.27. The molecule has 0 heterocycles. The van der Waals surface area contributed by atoms with Gasteiger partial charge in [0.2, 0.25) is 0 Å². The highest BCUT2D eigenvalue weighted by molar-refractivity contribution is 7.86. The summed E-state index contributed by atoms with van der Waals surface area (Å²) in [6.07, 6.45) is -4.49. The third-order valence-electron chi connectivity index (χ3n) is 5.22. The average molecular weight is 568 g/mol. The molecule has 0 aliphatic heterocycles. The first-order valence-electron chi connectivity index (χ1n) is 11.9. The SMILES string of the molecule is Cc1ccc(S(=O)(=O)OCCOCCOCCOC(=O)c2ccccc2Nc2cccc(C(F)(F)F)c2)cc1. The minimum absolute atomic E-state index is 0.0408. The summed E-state index contributed by atoms with van der Waals surface area (Å²) in [5.74, 6) is -0.670. The molecule has 0 atom stereocenters. The van der Waals surface area contributed by atoms with E-state index in [0.29, 0.717) is 5.69 Å². The molecule has 0 unspecified atom stereocenters. The maximum atomic E-state index is 13.0. The van der Waals surface area contributed by atoms with E-state index in [1.807, 2.05) is 6.92 Å². The van der Waals surface area contributed by atoms with Crippen molar-refractivity contribution in [3.8, 4) is 0 Å². The monoisotopic (exact) mass is 567 g/mol. The van der Waals surface area contributed by atoms with Gasteiger partial charge in [0.1, 0.15) is 6.61 Å². The minimum Gasteiger partial charge on any atom is -0.460 e. The molecule has 12 heteroatoms. The van der Waals surface area contributed by atoms with E-state index in [4.69, 9.17) is 18.4 Å². The number of carbonyl (C=O) groups excluding carboxylic acids is 1. The number of para-hydroxylation sites is 1. The molecule has 210 valence electrons. The highest BCUT2D eigenvalue weighted by atomic mass is 32.2. The number of esters is 1. The van der Waals surface area contributed by atoms with E-state index in [1.165, 1.54) is 30.3 Å². The van der Waals surface area contributed by atoms with Crippen LogP contribution in [0.2, 0.25) is 0 Å². The number of hydrogen-bond donors (Lipinski definition) is 1. The molecule has 39 heavy (non-hydrogen) atoms. The normalized spacial score (nSPS) is 11.8.